The summed E-state index contributed by atoms with van der Waals surface area (Å²) >= 11 is 1.40. The molecule has 3 rings (SSSR count). The lowest BCUT2D eigenvalue weighted by Gasteiger charge is -2.26. The molecule has 23 heavy (non-hydrogen) atoms. The van der Waals surface area contributed by atoms with Gasteiger partial charge in [0.2, 0.25) is 11.8 Å². The van der Waals surface area contributed by atoms with Crippen molar-refractivity contribution in [3.8, 4) is 0 Å². The molecule has 1 atom stereocenters. The number of carbonyl (C=O) groups is 2. The number of aromatic nitrogens is 1. The van der Waals surface area contributed by atoms with Gasteiger partial charge in [-0.05, 0) is 25.2 Å². The van der Waals surface area contributed by atoms with E-state index in [4.69, 9.17) is 0 Å². The van der Waals surface area contributed by atoms with Gasteiger partial charge in [-0.2, -0.15) is 0 Å². The first-order valence-corrected chi connectivity index (χ1v) is 9.62. The summed E-state index contributed by atoms with van der Waals surface area (Å²) in [6.07, 6.45) is 11.4. The molecule has 0 spiro atoms. The number of amides is 2. The lowest BCUT2D eigenvalue weighted by molar-refractivity contribution is -0.136. The van der Waals surface area contributed by atoms with E-state index in [-0.39, 0.29) is 17.9 Å². The molecular weight excluding hydrogens is 310 g/mol. The molecule has 1 unspecified atom stereocenters. The highest BCUT2D eigenvalue weighted by molar-refractivity contribution is 7.13. The van der Waals surface area contributed by atoms with Crippen LogP contribution in [0.3, 0.4) is 0 Å². The Morgan fingerprint density at radius 3 is 2.78 bits per heavy atom. The van der Waals surface area contributed by atoms with Gasteiger partial charge in [0.1, 0.15) is 6.04 Å². The minimum atomic E-state index is -0.322. The Labute approximate surface area is 141 Å². The second-order valence-electron chi connectivity index (χ2n) is 6.61. The van der Waals surface area contributed by atoms with Gasteiger partial charge in [0, 0.05) is 24.5 Å². The molecule has 1 aromatic heterocycles. The van der Waals surface area contributed by atoms with E-state index >= 15 is 0 Å². The van der Waals surface area contributed by atoms with E-state index in [9.17, 15) is 9.59 Å². The standard InChI is InChI=1S/C17H25N3O2S/c21-15(9-8-13-5-2-1-3-6-13)20-11-4-7-14(20)16(22)19-17-18-10-12-23-17/h10,12-14H,1-9,11H2,(H,18,19,22). The average Bonchev–Trinajstić information content (AvgIpc) is 3.24. The smallest absolute Gasteiger partial charge is 0.248 e. The van der Waals surface area contributed by atoms with Gasteiger partial charge in [0.25, 0.3) is 0 Å². The Balaban J connectivity index is 1.50. The van der Waals surface area contributed by atoms with Crippen LogP contribution < -0.4 is 5.32 Å². The van der Waals surface area contributed by atoms with Crippen molar-refractivity contribution in [3.05, 3.63) is 11.6 Å². The van der Waals surface area contributed by atoms with Crippen LogP contribution in [-0.4, -0.2) is 34.3 Å². The number of nitrogens with one attached hydrogen (secondary N) is 1. The summed E-state index contributed by atoms with van der Waals surface area (Å²) < 4.78 is 0. The Morgan fingerprint density at radius 1 is 1.22 bits per heavy atom. The number of hydrogen-bond donors (Lipinski definition) is 1. The van der Waals surface area contributed by atoms with Crippen LogP contribution in [0.5, 0.6) is 0 Å². The van der Waals surface area contributed by atoms with Crippen molar-refractivity contribution in [2.24, 2.45) is 5.92 Å². The highest BCUT2D eigenvalue weighted by Gasteiger charge is 2.34. The maximum Gasteiger partial charge on any atom is 0.248 e. The number of carbonyl (C=O) groups excluding carboxylic acids is 2. The summed E-state index contributed by atoms with van der Waals surface area (Å²) in [5.74, 6) is 0.758. The van der Waals surface area contributed by atoms with Gasteiger partial charge in [-0.25, -0.2) is 4.98 Å². The van der Waals surface area contributed by atoms with Crippen LogP contribution in [0, 0.1) is 5.92 Å². The number of rotatable bonds is 5. The zero-order chi connectivity index (χ0) is 16.1. The Morgan fingerprint density at radius 2 is 2.04 bits per heavy atom. The predicted molar refractivity (Wildman–Crippen MR) is 91.3 cm³/mol. The fourth-order valence-corrected chi connectivity index (χ4v) is 4.29. The lowest BCUT2D eigenvalue weighted by atomic mass is 9.86. The lowest BCUT2D eigenvalue weighted by Crippen LogP contribution is -2.43. The highest BCUT2D eigenvalue weighted by Crippen LogP contribution is 2.28. The molecule has 1 saturated heterocycles. The zero-order valence-corrected chi connectivity index (χ0v) is 14.3. The van der Waals surface area contributed by atoms with E-state index in [0.717, 1.165) is 19.3 Å². The molecule has 1 aliphatic carbocycles. The van der Waals surface area contributed by atoms with Crippen molar-refractivity contribution >= 4 is 28.3 Å². The van der Waals surface area contributed by atoms with Crippen molar-refractivity contribution < 1.29 is 9.59 Å². The molecule has 2 aliphatic rings. The summed E-state index contributed by atoms with van der Waals surface area (Å²) in [6.45, 7) is 0.708. The first-order chi connectivity index (χ1) is 11.2. The van der Waals surface area contributed by atoms with Crippen LogP contribution in [0.1, 0.15) is 57.8 Å². The normalized spacial score (nSPS) is 22.3. The Bertz CT molecular complexity index is 526. The van der Waals surface area contributed by atoms with Gasteiger partial charge in [0.05, 0.1) is 0 Å². The van der Waals surface area contributed by atoms with Crippen LogP contribution in [0.15, 0.2) is 11.6 Å². The van der Waals surface area contributed by atoms with Gasteiger partial charge in [-0.3, -0.25) is 9.59 Å². The van der Waals surface area contributed by atoms with Gasteiger partial charge < -0.3 is 10.2 Å². The van der Waals surface area contributed by atoms with E-state index in [2.05, 4.69) is 10.3 Å². The van der Waals surface area contributed by atoms with Crippen LogP contribution >= 0.6 is 11.3 Å². The zero-order valence-electron chi connectivity index (χ0n) is 13.5. The largest absolute Gasteiger partial charge is 0.331 e. The van der Waals surface area contributed by atoms with E-state index < -0.39 is 0 Å². The van der Waals surface area contributed by atoms with Gasteiger partial charge in [-0.1, -0.05) is 32.1 Å². The molecule has 2 heterocycles. The van der Waals surface area contributed by atoms with E-state index in [1.165, 1.54) is 43.4 Å². The fraction of sp³-hybridized carbons (Fsp3) is 0.706. The third kappa shape index (κ3) is 4.31. The first-order valence-electron chi connectivity index (χ1n) is 8.74. The summed E-state index contributed by atoms with van der Waals surface area (Å²) in [7, 11) is 0. The molecule has 0 bridgehead atoms. The molecule has 0 radical (unpaired) electrons. The molecule has 6 heteroatoms. The van der Waals surface area contributed by atoms with Crippen molar-refractivity contribution in [2.75, 3.05) is 11.9 Å². The number of hydrogen-bond acceptors (Lipinski definition) is 4. The SMILES string of the molecule is O=C(Nc1nccs1)C1CCCN1C(=O)CCC1CCCCC1. The molecule has 2 amide bonds. The molecule has 2 fully saturated rings. The van der Waals surface area contributed by atoms with Crippen molar-refractivity contribution in [2.45, 2.75) is 63.8 Å². The fourth-order valence-electron chi connectivity index (χ4n) is 3.76. The quantitative estimate of drug-likeness (QED) is 0.896. The summed E-state index contributed by atoms with van der Waals surface area (Å²) in [5, 5.41) is 5.27. The Hall–Kier alpha value is -1.43. The summed E-state index contributed by atoms with van der Waals surface area (Å²) in [5.41, 5.74) is 0. The summed E-state index contributed by atoms with van der Waals surface area (Å²) in [6, 6.07) is -0.322. The first kappa shape index (κ1) is 16.4. The summed E-state index contributed by atoms with van der Waals surface area (Å²) in [4.78, 5) is 30.8. The van der Waals surface area contributed by atoms with Gasteiger partial charge in [-0.15, -0.1) is 11.3 Å². The van der Waals surface area contributed by atoms with Gasteiger partial charge >= 0.3 is 0 Å². The number of nitrogens with zero attached hydrogens (tertiary/aromatic N) is 2. The predicted octanol–water partition coefficient (Wildman–Crippen LogP) is 3.43. The molecule has 126 valence electrons. The molecule has 1 aliphatic heterocycles. The van der Waals surface area contributed by atoms with Crippen molar-refractivity contribution in [3.63, 3.8) is 0 Å². The third-order valence-corrected chi connectivity index (χ3v) is 5.72. The van der Waals surface area contributed by atoms with Crippen LogP contribution in [0.2, 0.25) is 0 Å². The second-order valence-corrected chi connectivity index (χ2v) is 7.51. The highest BCUT2D eigenvalue weighted by atomic mass is 32.1. The number of thiazole rings is 1. The van der Waals surface area contributed by atoms with Crippen molar-refractivity contribution in [1.82, 2.24) is 9.88 Å². The van der Waals surface area contributed by atoms with E-state index in [1.54, 1.807) is 11.1 Å². The van der Waals surface area contributed by atoms with Crippen LogP contribution in [-0.2, 0) is 9.59 Å². The van der Waals surface area contributed by atoms with E-state index in [1.807, 2.05) is 5.38 Å². The molecule has 1 aromatic rings. The minimum absolute atomic E-state index is 0.0940. The molecular formula is C17H25N3O2S. The van der Waals surface area contributed by atoms with E-state index in [0.29, 0.717) is 24.0 Å². The monoisotopic (exact) mass is 335 g/mol. The average molecular weight is 335 g/mol. The number of anilines is 1. The maximum atomic E-state index is 12.5. The Kier molecular flexibility index (Phi) is 5.65. The van der Waals surface area contributed by atoms with Crippen LogP contribution in [0.25, 0.3) is 0 Å². The second kappa shape index (κ2) is 7.90. The third-order valence-electron chi connectivity index (χ3n) is 5.03. The molecule has 0 aromatic carbocycles. The number of likely N-dealkylation sites (tertiary alicyclic amines) is 1. The van der Waals surface area contributed by atoms with Gasteiger partial charge in [0.15, 0.2) is 5.13 Å². The van der Waals surface area contributed by atoms with Crippen LogP contribution in [0.4, 0.5) is 5.13 Å². The maximum absolute atomic E-state index is 12.5. The molecule has 1 N–H and O–H groups in total. The molecule has 1 saturated carbocycles. The molecule has 5 nitrogen and oxygen atoms in total. The topological polar surface area (TPSA) is 62.3 Å². The van der Waals surface area contributed by atoms with Crippen molar-refractivity contribution in [1.29, 1.82) is 0 Å². The minimum Gasteiger partial charge on any atom is -0.331 e.